The van der Waals surface area contributed by atoms with Gasteiger partial charge in [0.1, 0.15) is 5.78 Å². The van der Waals surface area contributed by atoms with Crippen molar-refractivity contribution in [3.05, 3.63) is 0 Å². The zero-order chi connectivity index (χ0) is 12.4. The molecule has 2 aliphatic heterocycles. The van der Waals surface area contributed by atoms with Crippen molar-refractivity contribution < 1.29 is 4.79 Å². The monoisotopic (exact) mass is 249 g/mol. The fourth-order valence-electron chi connectivity index (χ4n) is 4.39. The lowest BCUT2D eigenvalue weighted by atomic mass is 9.83. The predicted molar refractivity (Wildman–Crippen MR) is 73.5 cm³/mol. The van der Waals surface area contributed by atoms with Gasteiger partial charge in [-0.15, -0.1) is 0 Å². The van der Waals surface area contributed by atoms with Gasteiger partial charge in [-0.3, -0.25) is 4.79 Å². The summed E-state index contributed by atoms with van der Waals surface area (Å²) in [5, 5.41) is 3.67. The minimum atomic E-state index is 0.417. The number of piperidine rings is 1. The lowest BCUT2D eigenvalue weighted by molar-refractivity contribution is -0.124. The molecule has 3 fully saturated rings. The highest BCUT2D eigenvalue weighted by Crippen LogP contribution is 2.34. The minimum Gasteiger partial charge on any atom is -0.311 e. The summed E-state index contributed by atoms with van der Waals surface area (Å²) in [6.45, 7) is 0. The zero-order valence-electron chi connectivity index (χ0n) is 11.5. The quantitative estimate of drug-likeness (QED) is 0.776. The summed E-state index contributed by atoms with van der Waals surface area (Å²) in [7, 11) is 0. The minimum absolute atomic E-state index is 0.417. The Balaban J connectivity index is 1.50. The molecule has 102 valence electrons. The summed E-state index contributed by atoms with van der Waals surface area (Å²) >= 11 is 0. The molecule has 0 aromatic rings. The van der Waals surface area contributed by atoms with Gasteiger partial charge in [0.25, 0.3) is 0 Å². The van der Waals surface area contributed by atoms with E-state index in [1.165, 1.54) is 64.2 Å². The van der Waals surface area contributed by atoms with Crippen LogP contribution in [0, 0.1) is 11.8 Å². The first-order valence-corrected chi connectivity index (χ1v) is 8.10. The average molecular weight is 249 g/mol. The molecule has 3 aliphatic rings. The Bertz CT molecular complexity index is 281. The highest BCUT2D eigenvalue weighted by molar-refractivity contribution is 5.81. The van der Waals surface area contributed by atoms with Crippen molar-refractivity contribution in [2.24, 2.45) is 11.8 Å². The number of Topliss-reactive ketones (excluding diaryl/α,β-unsaturated/α-hetero) is 1. The molecule has 2 unspecified atom stereocenters. The van der Waals surface area contributed by atoms with Gasteiger partial charge in [-0.05, 0) is 44.4 Å². The van der Waals surface area contributed by atoms with E-state index in [0.717, 1.165) is 18.5 Å². The van der Waals surface area contributed by atoms with E-state index >= 15 is 0 Å². The van der Waals surface area contributed by atoms with Crippen molar-refractivity contribution in [2.75, 3.05) is 0 Å². The van der Waals surface area contributed by atoms with Gasteiger partial charge in [0.15, 0.2) is 0 Å². The highest BCUT2D eigenvalue weighted by atomic mass is 16.1. The third-order valence-electron chi connectivity index (χ3n) is 5.37. The smallest absolute Gasteiger partial charge is 0.136 e. The first-order chi connectivity index (χ1) is 8.81. The van der Waals surface area contributed by atoms with E-state index in [1.54, 1.807) is 0 Å². The van der Waals surface area contributed by atoms with E-state index in [9.17, 15) is 4.79 Å². The van der Waals surface area contributed by atoms with Crippen LogP contribution in [-0.2, 0) is 4.79 Å². The van der Waals surface area contributed by atoms with Crippen LogP contribution in [0.25, 0.3) is 0 Å². The number of nitrogens with one attached hydrogen (secondary N) is 1. The van der Waals surface area contributed by atoms with E-state index in [2.05, 4.69) is 5.32 Å². The van der Waals surface area contributed by atoms with Crippen LogP contribution >= 0.6 is 0 Å². The van der Waals surface area contributed by atoms with Crippen LogP contribution in [0.4, 0.5) is 0 Å². The van der Waals surface area contributed by atoms with Crippen LogP contribution in [0.5, 0.6) is 0 Å². The van der Waals surface area contributed by atoms with Crippen molar-refractivity contribution in [1.82, 2.24) is 5.32 Å². The molecule has 0 aromatic heterocycles. The molecule has 0 aromatic carbocycles. The second-order valence-electron chi connectivity index (χ2n) is 6.83. The maximum absolute atomic E-state index is 12.4. The highest BCUT2D eigenvalue weighted by Gasteiger charge is 2.35. The summed E-state index contributed by atoms with van der Waals surface area (Å²) in [4.78, 5) is 12.4. The number of carbonyl (C=O) groups is 1. The van der Waals surface area contributed by atoms with Gasteiger partial charge in [-0.25, -0.2) is 0 Å². The van der Waals surface area contributed by atoms with Gasteiger partial charge in [0.05, 0.1) is 0 Å². The van der Waals surface area contributed by atoms with Crippen LogP contribution in [-0.4, -0.2) is 17.9 Å². The Morgan fingerprint density at radius 2 is 1.50 bits per heavy atom. The molecule has 3 rings (SSSR count). The van der Waals surface area contributed by atoms with E-state index in [0.29, 0.717) is 17.6 Å². The van der Waals surface area contributed by atoms with E-state index in [4.69, 9.17) is 0 Å². The SMILES string of the molecule is O=C(CC1CC2CCC(C1)N2)C1CCCCCC1. The van der Waals surface area contributed by atoms with Gasteiger partial charge >= 0.3 is 0 Å². The zero-order valence-corrected chi connectivity index (χ0v) is 11.5. The Morgan fingerprint density at radius 1 is 0.889 bits per heavy atom. The second-order valence-corrected chi connectivity index (χ2v) is 6.83. The average Bonchev–Trinajstić information content (AvgIpc) is 2.59. The summed E-state index contributed by atoms with van der Waals surface area (Å²) in [5.41, 5.74) is 0. The van der Waals surface area contributed by atoms with Crippen LogP contribution in [0.3, 0.4) is 0 Å². The number of hydrogen-bond donors (Lipinski definition) is 1. The lowest BCUT2D eigenvalue weighted by Gasteiger charge is -2.29. The van der Waals surface area contributed by atoms with Crippen molar-refractivity contribution in [3.8, 4) is 0 Å². The molecule has 2 bridgehead atoms. The number of ketones is 1. The van der Waals surface area contributed by atoms with Gasteiger partial charge in [-0.1, -0.05) is 25.7 Å². The third-order valence-corrected chi connectivity index (χ3v) is 5.37. The van der Waals surface area contributed by atoms with Crippen LogP contribution in [0.1, 0.15) is 70.6 Å². The van der Waals surface area contributed by atoms with Gasteiger partial charge < -0.3 is 5.32 Å². The van der Waals surface area contributed by atoms with E-state index in [-0.39, 0.29) is 0 Å². The number of rotatable bonds is 3. The fraction of sp³-hybridized carbons (Fsp3) is 0.938. The molecule has 2 nitrogen and oxygen atoms in total. The number of hydrogen-bond acceptors (Lipinski definition) is 2. The largest absolute Gasteiger partial charge is 0.311 e. The Labute approximate surface area is 111 Å². The number of fused-ring (bicyclic) bond motifs is 2. The van der Waals surface area contributed by atoms with Gasteiger partial charge in [-0.2, -0.15) is 0 Å². The lowest BCUT2D eigenvalue weighted by Crippen LogP contribution is -2.39. The molecule has 18 heavy (non-hydrogen) atoms. The second kappa shape index (κ2) is 5.73. The molecule has 1 N–H and O–H groups in total. The summed E-state index contributed by atoms with van der Waals surface area (Å²) in [5.74, 6) is 1.71. The maximum Gasteiger partial charge on any atom is 0.136 e. The Kier molecular flexibility index (Phi) is 4.03. The van der Waals surface area contributed by atoms with Crippen molar-refractivity contribution in [2.45, 2.75) is 82.7 Å². The summed E-state index contributed by atoms with van der Waals surface area (Å²) < 4.78 is 0. The first-order valence-electron chi connectivity index (χ1n) is 8.10. The van der Waals surface area contributed by atoms with Crippen molar-refractivity contribution in [1.29, 1.82) is 0 Å². The molecule has 2 heterocycles. The molecule has 1 saturated carbocycles. The van der Waals surface area contributed by atoms with E-state index in [1.807, 2.05) is 0 Å². The molecule has 0 amide bonds. The van der Waals surface area contributed by atoms with Crippen LogP contribution in [0.2, 0.25) is 0 Å². The summed E-state index contributed by atoms with van der Waals surface area (Å²) in [6.07, 6.45) is 13.7. The summed E-state index contributed by atoms with van der Waals surface area (Å²) in [6, 6.07) is 1.46. The number of carbonyl (C=O) groups excluding carboxylic acids is 1. The Morgan fingerprint density at radius 3 is 2.11 bits per heavy atom. The molecule has 0 radical (unpaired) electrons. The third kappa shape index (κ3) is 2.96. The van der Waals surface area contributed by atoms with Crippen molar-refractivity contribution in [3.63, 3.8) is 0 Å². The molecule has 2 heteroatoms. The Hall–Kier alpha value is -0.370. The molecular weight excluding hydrogens is 222 g/mol. The molecule has 0 spiro atoms. The van der Waals surface area contributed by atoms with Crippen molar-refractivity contribution >= 4 is 5.78 Å². The first kappa shape index (κ1) is 12.7. The molecular formula is C16H27NO. The van der Waals surface area contributed by atoms with Crippen LogP contribution in [0.15, 0.2) is 0 Å². The fourth-order valence-corrected chi connectivity index (χ4v) is 4.39. The van der Waals surface area contributed by atoms with E-state index < -0.39 is 0 Å². The van der Waals surface area contributed by atoms with Gasteiger partial charge in [0.2, 0.25) is 0 Å². The molecule has 2 atom stereocenters. The normalized spacial score (nSPS) is 37.4. The predicted octanol–water partition coefficient (Wildman–Crippen LogP) is 3.45. The van der Waals surface area contributed by atoms with Gasteiger partial charge in [0, 0.05) is 24.4 Å². The molecule has 1 aliphatic carbocycles. The maximum atomic E-state index is 12.4. The standard InChI is InChI=1S/C16H27NO/c18-16(13-5-3-1-2-4-6-13)11-12-9-14-7-8-15(10-12)17-14/h12-15,17H,1-11H2. The van der Waals surface area contributed by atoms with Crippen LogP contribution < -0.4 is 5.32 Å². The topological polar surface area (TPSA) is 29.1 Å². The molecule has 2 saturated heterocycles.